The second-order valence-electron chi connectivity index (χ2n) is 7.54. The van der Waals surface area contributed by atoms with Crippen LogP contribution in [0.3, 0.4) is 0 Å². The minimum Gasteiger partial charge on any atom is -0.423 e. The van der Waals surface area contributed by atoms with Gasteiger partial charge in [-0.25, -0.2) is 0 Å². The molecule has 1 saturated heterocycles. The van der Waals surface area contributed by atoms with Gasteiger partial charge in [-0.15, -0.1) is 0 Å². The van der Waals surface area contributed by atoms with Crippen LogP contribution in [0.4, 0.5) is 6.01 Å². The van der Waals surface area contributed by atoms with Crippen LogP contribution >= 0.6 is 11.6 Å². The fourth-order valence-electron chi connectivity index (χ4n) is 3.71. The van der Waals surface area contributed by atoms with E-state index in [9.17, 15) is 4.79 Å². The number of halogens is 1. The average molecular weight is 402 g/mol. The maximum atomic E-state index is 12.7. The number of H-pyrrole nitrogens is 1. The number of hydrogen-bond donors (Lipinski definition) is 1. The molecule has 0 spiro atoms. The highest BCUT2D eigenvalue weighted by Crippen LogP contribution is 2.29. The summed E-state index contributed by atoms with van der Waals surface area (Å²) in [5.41, 5.74) is 3.54. The molecule has 148 valence electrons. The van der Waals surface area contributed by atoms with Gasteiger partial charge in [0, 0.05) is 55.4 Å². The van der Waals surface area contributed by atoms with E-state index in [1.165, 1.54) is 0 Å². The zero-order chi connectivity index (χ0) is 19.7. The van der Waals surface area contributed by atoms with E-state index in [0.717, 1.165) is 42.7 Å². The van der Waals surface area contributed by atoms with E-state index >= 15 is 0 Å². The standard InChI is InChI=1S/C20H24ClN5O2/c1-13-15(10-22-24-13)12-25(2)19(27)8-14-4-3-7-26(11-14)20-23-17-6-5-16(21)9-18(17)28-20/h5-6,9-10,14H,3-4,7-8,11-12H2,1-2H3,(H,22,24). The Bertz CT molecular complexity index is 982. The fourth-order valence-corrected chi connectivity index (χ4v) is 3.87. The largest absolute Gasteiger partial charge is 0.423 e. The predicted molar refractivity (Wildman–Crippen MR) is 108 cm³/mol. The third-order valence-electron chi connectivity index (χ3n) is 5.36. The van der Waals surface area contributed by atoms with Crippen LogP contribution in [0.25, 0.3) is 11.1 Å². The second-order valence-corrected chi connectivity index (χ2v) is 7.97. The van der Waals surface area contributed by atoms with Crippen LogP contribution in [-0.2, 0) is 11.3 Å². The molecule has 28 heavy (non-hydrogen) atoms. The highest BCUT2D eigenvalue weighted by molar-refractivity contribution is 6.31. The van der Waals surface area contributed by atoms with Crippen LogP contribution in [0.5, 0.6) is 0 Å². The second kappa shape index (κ2) is 7.83. The van der Waals surface area contributed by atoms with Crippen LogP contribution in [0.2, 0.25) is 5.02 Å². The lowest BCUT2D eigenvalue weighted by molar-refractivity contribution is -0.131. The molecule has 1 aromatic carbocycles. The van der Waals surface area contributed by atoms with Crippen molar-refractivity contribution in [2.24, 2.45) is 5.92 Å². The summed E-state index contributed by atoms with van der Waals surface area (Å²) in [6.07, 6.45) is 4.35. The van der Waals surface area contributed by atoms with Crippen LogP contribution in [-0.4, -0.2) is 46.1 Å². The molecule has 7 nitrogen and oxygen atoms in total. The molecule has 1 unspecified atom stereocenters. The molecule has 3 heterocycles. The number of aromatic nitrogens is 3. The van der Waals surface area contributed by atoms with Crippen molar-refractivity contribution in [3.8, 4) is 0 Å². The quantitative estimate of drug-likeness (QED) is 0.703. The Kier molecular flexibility index (Phi) is 5.26. The van der Waals surface area contributed by atoms with Gasteiger partial charge in [0.1, 0.15) is 5.52 Å². The Morgan fingerprint density at radius 1 is 1.46 bits per heavy atom. The zero-order valence-corrected chi connectivity index (χ0v) is 16.9. The molecular formula is C20H24ClN5O2. The van der Waals surface area contributed by atoms with Gasteiger partial charge in [-0.3, -0.25) is 9.89 Å². The average Bonchev–Trinajstić information content (AvgIpc) is 3.27. The Labute approximate surface area is 168 Å². The number of piperidine rings is 1. The van der Waals surface area contributed by atoms with Gasteiger partial charge in [-0.1, -0.05) is 11.6 Å². The number of amides is 1. The monoisotopic (exact) mass is 401 g/mol. The Balaban J connectivity index is 1.39. The SMILES string of the molecule is Cc1[nH]ncc1CN(C)C(=O)CC1CCCN(c2nc3ccc(Cl)cc3o2)C1. The van der Waals surface area contributed by atoms with E-state index in [1.54, 1.807) is 17.2 Å². The molecule has 1 fully saturated rings. The number of fused-ring (bicyclic) bond motifs is 1. The van der Waals surface area contributed by atoms with Gasteiger partial charge in [-0.2, -0.15) is 10.1 Å². The Morgan fingerprint density at radius 2 is 2.32 bits per heavy atom. The topological polar surface area (TPSA) is 78.3 Å². The summed E-state index contributed by atoms with van der Waals surface area (Å²) < 4.78 is 5.90. The van der Waals surface area contributed by atoms with Crippen LogP contribution < -0.4 is 4.90 Å². The highest BCUT2D eigenvalue weighted by Gasteiger charge is 2.26. The summed E-state index contributed by atoms with van der Waals surface area (Å²) in [7, 11) is 1.85. The number of anilines is 1. The molecule has 1 aliphatic heterocycles. The third-order valence-corrected chi connectivity index (χ3v) is 5.59. The molecule has 0 radical (unpaired) electrons. The number of carbonyl (C=O) groups is 1. The number of nitrogens with one attached hydrogen (secondary N) is 1. The van der Waals surface area contributed by atoms with Crippen molar-refractivity contribution >= 4 is 34.6 Å². The molecule has 3 aromatic rings. The molecule has 1 aliphatic rings. The van der Waals surface area contributed by atoms with Crippen LogP contribution in [0.1, 0.15) is 30.5 Å². The van der Waals surface area contributed by atoms with Crippen LogP contribution in [0, 0.1) is 12.8 Å². The number of aryl methyl sites for hydroxylation is 1. The molecule has 1 amide bonds. The molecule has 1 N–H and O–H groups in total. The van der Waals surface area contributed by atoms with Gasteiger partial charge >= 0.3 is 0 Å². The van der Waals surface area contributed by atoms with E-state index in [1.807, 2.05) is 26.1 Å². The number of hydrogen-bond acceptors (Lipinski definition) is 5. The minimum atomic E-state index is 0.150. The van der Waals surface area contributed by atoms with Gasteiger partial charge < -0.3 is 14.2 Å². The molecular weight excluding hydrogens is 378 g/mol. The summed E-state index contributed by atoms with van der Waals surface area (Å²) >= 11 is 6.03. The molecule has 0 saturated carbocycles. The van der Waals surface area contributed by atoms with Gasteiger partial charge in [0.05, 0.1) is 6.20 Å². The van der Waals surface area contributed by atoms with Crippen LogP contribution in [0.15, 0.2) is 28.8 Å². The molecule has 2 aromatic heterocycles. The van der Waals surface area contributed by atoms with Crippen molar-refractivity contribution < 1.29 is 9.21 Å². The number of oxazole rings is 1. The first-order valence-corrected chi connectivity index (χ1v) is 9.91. The van der Waals surface area contributed by atoms with Gasteiger partial charge in [0.2, 0.25) is 5.91 Å². The first-order chi connectivity index (χ1) is 13.5. The maximum absolute atomic E-state index is 12.7. The number of nitrogens with zero attached hydrogens (tertiary/aromatic N) is 4. The summed E-state index contributed by atoms with van der Waals surface area (Å²) in [6.45, 7) is 4.19. The number of aromatic amines is 1. The lowest BCUT2D eigenvalue weighted by Crippen LogP contribution is -2.38. The normalized spacial score (nSPS) is 17.2. The van der Waals surface area contributed by atoms with E-state index in [2.05, 4.69) is 20.1 Å². The van der Waals surface area contributed by atoms with E-state index < -0.39 is 0 Å². The number of benzene rings is 1. The zero-order valence-electron chi connectivity index (χ0n) is 16.1. The van der Waals surface area contributed by atoms with Crippen molar-refractivity contribution in [2.75, 3.05) is 25.0 Å². The Hall–Kier alpha value is -2.54. The minimum absolute atomic E-state index is 0.150. The highest BCUT2D eigenvalue weighted by atomic mass is 35.5. The van der Waals surface area contributed by atoms with Crippen molar-refractivity contribution in [1.82, 2.24) is 20.1 Å². The van der Waals surface area contributed by atoms with Crippen molar-refractivity contribution in [2.45, 2.75) is 32.7 Å². The third kappa shape index (κ3) is 3.99. The first kappa shape index (κ1) is 18.8. The van der Waals surface area contributed by atoms with Crippen molar-refractivity contribution in [3.05, 3.63) is 40.7 Å². The van der Waals surface area contributed by atoms with Crippen molar-refractivity contribution in [1.29, 1.82) is 0 Å². The molecule has 0 aliphatic carbocycles. The van der Waals surface area contributed by atoms with Crippen molar-refractivity contribution in [3.63, 3.8) is 0 Å². The van der Waals surface area contributed by atoms with Gasteiger partial charge in [-0.05, 0) is 37.8 Å². The smallest absolute Gasteiger partial charge is 0.298 e. The van der Waals surface area contributed by atoms with Gasteiger partial charge in [0.15, 0.2) is 5.58 Å². The van der Waals surface area contributed by atoms with E-state index in [0.29, 0.717) is 29.6 Å². The maximum Gasteiger partial charge on any atom is 0.298 e. The molecule has 4 rings (SSSR count). The molecule has 0 bridgehead atoms. The predicted octanol–water partition coefficient (Wildman–Crippen LogP) is 3.78. The lowest BCUT2D eigenvalue weighted by Gasteiger charge is -2.32. The molecule has 8 heteroatoms. The first-order valence-electron chi connectivity index (χ1n) is 9.53. The number of rotatable bonds is 5. The number of carbonyl (C=O) groups excluding carboxylic acids is 1. The van der Waals surface area contributed by atoms with E-state index in [-0.39, 0.29) is 11.8 Å². The summed E-state index contributed by atoms with van der Waals surface area (Å²) in [4.78, 5) is 21.2. The lowest BCUT2D eigenvalue weighted by atomic mass is 9.94. The fraction of sp³-hybridized carbons (Fsp3) is 0.450. The Morgan fingerprint density at radius 3 is 3.11 bits per heavy atom. The summed E-state index contributed by atoms with van der Waals surface area (Å²) in [5.74, 6) is 0.435. The van der Waals surface area contributed by atoms with E-state index in [4.69, 9.17) is 16.0 Å². The van der Waals surface area contributed by atoms with Gasteiger partial charge in [0.25, 0.3) is 6.01 Å². The summed E-state index contributed by atoms with van der Waals surface area (Å²) in [5, 5.41) is 7.57. The summed E-state index contributed by atoms with van der Waals surface area (Å²) in [6, 6.07) is 6.07. The molecule has 1 atom stereocenters.